The second kappa shape index (κ2) is 9.29. The Morgan fingerprint density at radius 3 is 2.22 bits per heavy atom. The fourth-order valence-electron chi connectivity index (χ4n) is 1.87. The number of rotatable bonds is 7. The van der Waals surface area contributed by atoms with Crippen LogP contribution < -0.4 is 9.47 Å². The number of ether oxygens (including phenoxy) is 2. The van der Waals surface area contributed by atoms with E-state index in [-0.39, 0.29) is 11.1 Å². The Balaban J connectivity index is 1.95. The Hall–Kier alpha value is -1.06. The van der Waals surface area contributed by atoms with Crippen molar-refractivity contribution in [2.24, 2.45) is 0 Å². The van der Waals surface area contributed by atoms with E-state index in [1.165, 1.54) is 11.6 Å². The molecular weight excluding hydrogens is 378 g/mol. The monoisotopic (exact) mass is 390 g/mol. The Bertz CT molecular complexity index is 645. The zero-order valence-electron chi connectivity index (χ0n) is 12.1. The smallest absolute Gasteiger partial charge is 0.156 e. The third-order valence-corrected chi connectivity index (χ3v) is 3.81. The predicted octanol–water partition coefficient (Wildman–Crippen LogP) is 6.31. The van der Waals surface area contributed by atoms with Crippen LogP contribution in [-0.2, 0) is 6.42 Å². The molecular formula is C17H14Cl4O2. The Labute approximate surface area is 155 Å². The van der Waals surface area contributed by atoms with Crippen molar-refractivity contribution in [3.8, 4) is 11.5 Å². The summed E-state index contributed by atoms with van der Waals surface area (Å²) in [6.07, 6.45) is 2.29. The number of benzene rings is 2. The van der Waals surface area contributed by atoms with Gasteiger partial charge < -0.3 is 9.47 Å². The fourth-order valence-corrected chi connectivity index (χ4v) is 2.58. The summed E-state index contributed by atoms with van der Waals surface area (Å²) in [5.74, 6) is 0.962. The average Bonchev–Trinajstić information content (AvgIpc) is 2.51. The lowest BCUT2D eigenvalue weighted by atomic mass is 10.2. The predicted molar refractivity (Wildman–Crippen MR) is 97.4 cm³/mol. The third kappa shape index (κ3) is 6.15. The van der Waals surface area contributed by atoms with Gasteiger partial charge in [0.05, 0.1) is 16.7 Å². The lowest BCUT2D eigenvalue weighted by molar-refractivity contribution is 0.320. The minimum atomic E-state index is 0.142. The summed E-state index contributed by atoms with van der Waals surface area (Å²) >= 11 is 23.4. The van der Waals surface area contributed by atoms with E-state index in [0.717, 1.165) is 6.42 Å². The van der Waals surface area contributed by atoms with Crippen molar-refractivity contribution >= 4 is 46.4 Å². The summed E-state index contributed by atoms with van der Waals surface area (Å²) in [5, 5.41) is 0.781. The maximum atomic E-state index is 6.20. The first-order valence-electron chi connectivity index (χ1n) is 6.86. The van der Waals surface area contributed by atoms with Crippen molar-refractivity contribution in [2.45, 2.75) is 6.42 Å². The van der Waals surface area contributed by atoms with Crippen LogP contribution in [0, 0.1) is 0 Å². The molecule has 2 rings (SSSR count). The van der Waals surface area contributed by atoms with Gasteiger partial charge in [0.2, 0.25) is 0 Å². The van der Waals surface area contributed by atoms with Gasteiger partial charge in [0, 0.05) is 18.6 Å². The standard InChI is InChI=1S/C17H14Cl4O2/c18-14-10-13(22-9-7-16(20)21)11-15(19)17(14)23-8-6-12-4-2-1-3-5-12/h1-5,7,10-11H,6,8-9H2. The van der Waals surface area contributed by atoms with Gasteiger partial charge >= 0.3 is 0 Å². The van der Waals surface area contributed by atoms with Gasteiger partial charge in [-0.1, -0.05) is 76.7 Å². The van der Waals surface area contributed by atoms with E-state index in [9.17, 15) is 0 Å². The molecule has 0 aliphatic rings. The van der Waals surface area contributed by atoms with E-state index in [0.29, 0.717) is 28.2 Å². The number of hydrogen-bond acceptors (Lipinski definition) is 2. The summed E-state index contributed by atoms with van der Waals surface area (Å²) < 4.78 is 11.3. The van der Waals surface area contributed by atoms with Crippen LogP contribution in [0.25, 0.3) is 0 Å². The second-order valence-electron chi connectivity index (χ2n) is 4.60. The van der Waals surface area contributed by atoms with Crippen LogP contribution in [-0.4, -0.2) is 13.2 Å². The molecule has 0 aromatic heterocycles. The number of hydrogen-bond donors (Lipinski definition) is 0. The molecule has 2 aromatic rings. The van der Waals surface area contributed by atoms with Gasteiger partial charge in [0.15, 0.2) is 5.75 Å². The normalized spacial score (nSPS) is 10.3. The summed E-state index contributed by atoms with van der Waals surface area (Å²) in [5.41, 5.74) is 1.18. The average molecular weight is 392 g/mol. The van der Waals surface area contributed by atoms with Crippen molar-refractivity contribution in [3.05, 3.63) is 68.6 Å². The molecule has 0 amide bonds. The van der Waals surface area contributed by atoms with Gasteiger partial charge in [0.1, 0.15) is 16.8 Å². The topological polar surface area (TPSA) is 18.5 Å². The molecule has 0 saturated heterocycles. The second-order valence-corrected chi connectivity index (χ2v) is 6.43. The molecule has 6 heteroatoms. The van der Waals surface area contributed by atoms with Gasteiger partial charge in [-0.3, -0.25) is 0 Å². The van der Waals surface area contributed by atoms with Crippen molar-refractivity contribution in [1.29, 1.82) is 0 Å². The molecule has 122 valence electrons. The number of halogens is 4. The third-order valence-electron chi connectivity index (χ3n) is 2.94. The van der Waals surface area contributed by atoms with Crippen LogP contribution in [0.15, 0.2) is 53.0 Å². The molecule has 0 radical (unpaired) electrons. The molecule has 0 aliphatic heterocycles. The van der Waals surface area contributed by atoms with Gasteiger partial charge in [-0.25, -0.2) is 0 Å². The van der Waals surface area contributed by atoms with Gasteiger partial charge in [-0.05, 0) is 11.6 Å². The first-order chi connectivity index (χ1) is 11.1. The maximum Gasteiger partial charge on any atom is 0.156 e. The molecule has 0 aliphatic carbocycles. The Kier molecular flexibility index (Phi) is 7.38. The van der Waals surface area contributed by atoms with Crippen LogP contribution >= 0.6 is 46.4 Å². The SMILES string of the molecule is ClC(Cl)=CCOc1cc(Cl)c(OCCc2ccccc2)c(Cl)c1. The van der Waals surface area contributed by atoms with E-state index < -0.39 is 0 Å². The summed E-state index contributed by atoms with van der Waals surface area (Å²) in [4.78, 5) is 0. The molecule has 0 bridgehead atoms. The maximum absolute atomic E-state index is 6.20. The molecule has 0 heterocycles. The van der Waals surface area contributed by atoms with Gasteiger partial charge in [-0.2, -0.15) is 0 Å². The Morgan fingerprint density at radius 2 is 1.61 bits per heavy atom. The first-order valence-corrected chi connectivity index (χ1v) is 8.37. The molecule has 23 heavy (non-hydrogen) atoms. The van der Waals surface area contributed by atoms with Gasteiger partial charge in [0.25, 0.3) is 0 Å². The fraction of sp³-hybridized carbons (Fsp3) is 0.176. The zero-order valence-corrected chi connectivity index (χ0v) is 15.1. The molecule has 0 spiro atoms. The summed E-state index contributed by atoms with van der Waals surface area (Å²) in [6, 6.07) is 13.3. The highest BCUT2D eigenvalue weighted by Gasteiger charge is 2.10. The molecule has 0 fully saturated rings. The van der Waals surface area contributed by atoms with Crippen molar-refractivity contribution in [3.63, 3.8) is 0 Å². The summed E-state index contributed by atoms with van der Waals surface area (Å²) in [6.45, 7) is 0.706. The van der Waals surface area contributed by atoms with E-state index in [1.54, 1.807) is 12.1 Å². The van der Waals surface area contributed by atoms with Crippen molar-refractivity contribution in [1.82, 2.24) is 0 Å². The molecule has 0 saturated carbocycles. The minimum Gasteiger partial charge on any atom is -0.490 e. The first kappa shape index (κ1) is 18.3. The van der Waals surface area contributed by atoms with Crippen LogP contribution in [0.2, 0.25) is 10.0 Å². The van der Waals surface area contributed by atoms with E-state index >= 15 is 0 Å². The van der Waals surface area contributed by atoms with Crippen molar-refractivity contribution in [2.75, 3.05) is 13.2 Å². The van der Waals surface area contributed by atoms with Crippen LogP contribution in [0.5, 0.6) is 11.5 Å². The quantitative estimate of drug-likeness (QED) is 0.550. The molecule has 2 aromatic carbocycles. The lowest BCUT2D eigenvalue weighted by Gasteiger charge is -2.12. The van der Waals surface area contributed by atoms with Crippen LogP contribution in [0.3, 0.4) is 0 Å². The van der Waals surface area contributed by atoms with E-state index in [4.69, 9.17) is 55.9 Å². The highest BCUT2D eigenvalue weighted by molar-refractivity contribution is 6.55. The molecule has 2 nitrogen and oxygen atoms in total. The lowest BCUT2D eigenvalue weighted by Crippen LogP contribution is -2.02. The highest BCUT2D eigenvalue weighted by atomic mass is 35.5. The summed E-state index contributed by atoms with van der Waals surface area (Å²) in [7, 11) is 0. The largest absolute Gasteiger partial charge is 0.490 e. The minimum absolute atomic E-state index is 0.142. The van der Waals surface area contributed by atoms with Gasteiger partial charge in [-0.15, -0.1) is 0 Å². The van der Waals surface area contributed by atoms with E-state index in [1.807, 2.05) is 30.3 Å². The molecule has 0 atom stereocenters. The highest BCUT2D eigenvalue weighted by Crippen LogP contribution is 2.37. The zero-order chi connectivity index (χ0) is 16.7. The van der Waals surface area contributed by atoms with Crippen molar-refractivity contribution < 1.29 is 9.47 Å². The van der Waals surface area contributed by atoms with Crippen LogP contribution in [0.4, 0.5) is 0 Å². The molecule has 0 unspecified atom stereocenters. The Morgan fingerprint density at radius 1 is 0.957 bits per heavy atom. The van der Waals surface area contributed by atoms with Crippen LogP contribution in [0.1, 0.15) is 5.56 Å². The van der Waals surface area contributed by atoms with E-state index in [2.05, 4.69) is 0 Å². The molecule has 0 N–H and O–H groups in total.